The maximum atomic E-state index is 13.2. The Morgan fingerprint density at radius 3 is 2.26 bits per heavy atom. The smallest absolute Gasteiger partial charge is 0.254 e. The summed E-state index contributed by atoms with van der Waals surface area (Å²) < 4.78 is 0. The van der Waals surface area contributed by atoms with E-state index in [2.05, 4.69) is 60.5 Å². The molecular weight excluding hydrogens is 332 g/mol. The van der Waals surface area contributed by atoms with Crippen molar-refractivity contribution < 1.29 is 4.79 Å². The molecular formula is C24H24N2O. The SMILES string of the molecule is CN1c2ccccc2CN(C(=O)c2ccccc2)CC1Cc1ccccc1. The molecule has 0 spiro atoms. The number of fused-ring (bicyclic) bond motifs is 1. The number of carbonyl (C=O) groups is 1. The molecule has 0 aromatic heterocycles. The van der Waals surface area contributed by atoms with Crippen LogP contribution in [0, 0.1) is 0 Å². The van der Waals surface area contributed by atoms with Gasteiger partial charge in [0.05, 0.1) is 6.04 Å². The van der Waals surface area contributed by atoms with Crippen molar-refractivity contribution in [1.29, 1.82) is 0 Å². The van der Waals surface area contributed by atoms with Crippen LogP contribution in [-0.4, -0.2) is 30.4 Å². The minimum atomic E-state index is 0.0961. The molecule has 0 N–H and O–H groups in total. The van der Waals surface area contributed by atoms with E-state index in [0.717, 1.165) is 12.0 Å². The number of anilines is 1. The highest BCUT2D eigenvalue weighted by Gasteiger charge is 2.28. The zero-order valence-corrected chi connectivity index (χ0v) is 15.6. The van der Waals surface area contributed by atoms with Crippen LogP contribution in [0.25, 0.3) is 0 Å². The molecule has 1 atom stereocenters. The van der Waals surface area contributed by atoms with Gasteiger partial charge in [0.15, 0.2) is 0 Å². The van der Waals surface area contributed by atoms with Gasteiger partial charge in [-0.15, -0.1) is 0 Å². The topological polar surface area (TPSA) is 23.6 Å². The fraction of sp³-hybridized carbons (Fsp3) is 0.208. The molecule has 0 fully saturated rings. The fourth-order valence-corrected chi connectivity index (χ4v) is 3.84. The summed E-state index contributed by atoms with van der Waals surface area (Å²) in [5.74, 6) is 0.0961. The quantitative estimate of drug-likeness (QED) is 0.695. The molecule has 3 aromatic rings. The predicted molar refractivity (Wildman–Crippen MR) is 110 cm³/mol. The molecule has 136 valence electrons. The highest BCUT2D eigenvalue weighted by Crippen LogP contribution is 2.28. The maximum absolute atomic E-state index is 13.2. The van der Waals surface area contributed by atoms with E-state index < -0.39 is 0 Å². The third-order valence-electron chi connectivity index (χ3n) is 5.33. The van der Waals surface area contributed by atoms with Crippen molar-refractivity contribution in [2.75, 3.05) is 18.5 Å². The summed E-state index contributed by atoms with van der Waals surface area (Å²) in [7, 11) is 2.14. The molecule has 0 bridgehead atoms. The van der Waals surface area contributed by atoms with Crippen LogP contribution in [0.15, 0.2) is 84.9 Å². The van der Waals surface area contributed by atoms with Crippen LogP contribution in [0.3, 0.4) is 0 Å². The van der Waals surface area contributed by atoms with Gasteiger partial charge < -0.3 is 9.80 Å². The third kappa shape index (κ3) is 3.72. The Labute approximate surface area is 160 Å². The van der Waals surface area contributed by atoms with E-state index >= 15 is 0 Å². The Balaban J connectivity index is 1.68. The van der Waals surface area contributed by atoms with Gasteiger partial charge in [-0.05, 0) is 35.7 Å². The predicted octanol–water partition coefficient (Wildman–Crippen LogP) is 4.39. The van der Waals surface area contributed by atoms with E-state index in [9.17, 15) is 4.79 Å². The average molecular weight is 356 g/mol. The van der Waals surface area contributed by atoms with Gasteiger partial charge in [0.1, 0.15) is 0 Å². The molecule has 0 aliphatic carbocycles. The minimum absolute atomic E-state index is 0.0961. The number of hydrogen-bond donors (Lipinski definition) is 0. The summed E-state index contributed by atoms with van der Waals surface area (Å²) in [4.78, 5) is 17.5. The molecule has 1 amide bonds. The largest absolute Gasteiger partial charge is 0.369 e. The van der Waals surface area contributed by atoms with Gasteiger partial charge in [0.2, 0.25) is 0 Å². The Morgan fingerprint density at radius 1 is 0.889 bits per heavy atom. The summed E-state index contributed by atoms with van der Waals surface area (Å²) in [6, 6.07) is 28.7. The van der Waals surface area contributed by atoms with Gasteiger partial charge in [0.25, 0.3) is 5.91 Å². The van der Waals surface area contributed by atoms with Crippen molar-refractivity contribution in [2.45, 2.75) is 19.0 Å². The van der Waals surface area contributed by atoms with Crippen LogP contribution >= 0.6 is 0 Å². The molecule has 1 aliphatic heterocycles. The van der Waals surface area contributed by atoms with Crippen molar-refractivity contribution in [3.63, 3.8) is 0 Å². The second kappa shape index (κ2) is 7.67. The number of rotatable bonds is 3. The molecule has 0 saturated carbocycles. The van der Waals surface area contributed by atoms with E-state index in [1.165, 1.54) is 16.8 Å². The summed E-state index contributed by atoms with van der Waals surface area (Å²) in [5, 5.41) is 0. The monoisotopic (exact) mass is 356 g/mol. The molecule has 3 nitrogen and oxygen atoms in total. The lowest BCUT2D eigenvalue weighted by Gasteiger charge is -2.31. The Kier molecular flexibility index (Phi) is 4.93. The second-order valence-electron chi connectivity index (χ2n) is 7.13. The van der Waals surface area contributed by atoms with Crippen LogP contribution in [-0.2, 0) is 13.0 Å². The third-order valence-corrected chi connectivity index (χ3v) is 5.33. The molecule has 0 saturated heterocycles. The van der Waals surface area contributed by atoms with Crippen molar-refractivity contribution in [2.24, 2.45) is 0 Å². The van der Waals surface area contributed by atoms with Crippen molar-refractivity contribution in [1.82, 2.24) is 4.90 Å². The lowest BCUT2D eigenvalue weighted by molar-refractivity contribution is 0.0737. The molecule has 1 aliphatic rings. The number of hydrogen-bond acceptors (Lipinski definition) is 2. The van der Waals surface area contributed by atoms with Crippen molar-refractivity contribution >= 4 is 11.6 Å². The maximum Gasteiger partial charge on any atom is 0.254 e. The second-order valence-corrected chi connectivity index (χ2v) is 7.13. The van der Waals surface area contributed by atoms with Crippen molar-refractivity contribution in [3.05, 3.63) is 102 Å². The van der Waals surface area contributed by atoms with E-state index in [1.807, 2.05) is 41.3 Å². The van der Waals surface area contributed by atoms with Crippen LogP contribution in [0.4, 0.5) is 5.69 Å². The molecule has 3 heteroatoms. The molecule has 4 rings (SSSR count). The number of amides is 1. The molecule has 27 heavy (non-hydrogen) atoms. The van der Waals surface area contributed by atoms with Crippen molar-refractivity contribution in [3.8, 4) is 0 Å². The minimum Gasteiger partial charge on any atom is -0.369 e. The molecule has 1 heterocycles. The first-order chi connectivity index (χ1) is 13.2. The Morgan fingerprint density at radius 2 is 1.52 bits per heavy atom. The normalized spacial score (nSPS) is 16.6. The van der Waals surface area contributed by atoms with Crippen LogP contribution in [0.5, 0.6) is 0 Å². The zero-order chi connectivity index (χ0) is 18.6. The lowest BCUT2D eigenvalue weighted by atomic mass is 10.0. The highest BCUT2D eigenvalue weighted by molar-refractivity contribution is 5.94. The van der Waals surface area contributed by atoms with E-state index in [4.69, 9.17) is 0 Å². The van der Waals surface area contributed by atoms with E-state index in [0.29, 0.717) is 13.1 Å². The van der Waals surface area contributed by atoms with Gasteiger partial charge in [-0.3, -0.25) is 4.79 Å². The van der Waals surface area contributed by atoms with Crippen LogP contribution in [0.1, 0.15) is 21.5 Å². The first kappa shape index (κ1) is 17.3. The van der Waals surface area contributed by atoms with E-state index in [1.54, 1.807) is 0 Å². The number of para-hydroxylation sites is 1. The summed E-state index contributed by atoms with van der Waals surface area (Å²) in [6.07, 6.45) is 0.907. The van der Waals surface area contributed by atoms with Gasteiger partial charge in [-0.25, -0.2) is 0 Å². The zero-order valence-electron chi connectivity index (χ0n) is 15.6. The van der Waals surface area contributed by atoms with Gasteiger partial charge in [-0.2, -0.15) is 0 Å². The van der Waals surface area contributed by atoms with Crippen LogP contribution < -0.4 is 4.90 Å². The summed E-state index contributed by atoms with van der Waals surface area (Å²) >= 11 is 0. The first-order valence-corrected chi connectivity index (χ1v) is 9.41. The molecule has 3 aromatic carbocycles. The fourth-order valence-electron chi connectivity index (χ4n) is 3.84. The summed E-state index contributed by atoms with van der Waals surface area (Å²) in [6.45, 7) is 1.34. The summed E-state index contributed by atoms with van der Waals surface area (Å²) in [5.41, 5.74) is 4.44. The van der Waals surface area contributed by atoms with E-state index in [-0.39, 0.29) is 11.9 Å². The first-order valence-electron chi connectivity index (χ1n) is 9.41. The lowest BCUT2D eigenvalue weighted by Crippen LogP contribution is -2.43. The number of carbonyl (C=O) groups excluding carboxylic acids is 1. The average Bonchev–Trinajstić information content (AvgIpc) is 2.86. The van der Waals surface area contributed by atoms with Gasteiger partial charge >= 0.3 is 0 Å². The molecule has 0 radical (unpaired) electrons. The number of nitrogens with zero attached hydrogens (tertiary/aromatic N) is 2. The van der Waals surface area contributed by atoms with Gasteiger partial charge in [0, 0.05) is 31.4 Å². The molecule has 1 unspecified atom stereocenters. The standard InChI is InChI=1S/C24H24N2O/c1-25-22(16-19-10-4-2-5-11-19)18-26(17-21-14-8-9-15-23(21)25)24(27)20-12-6-3-7-13-20/h2-15,22H,16-18H2,1H3. The van der Waals surface area contributed by atoms with Crippen LogP contribution in [0.2, 0.25) is 0 Å². The Hall–Kier alpha value is -3.07. The number of benzene rings is 3. The Bertz CT molecular complexity index is 908. The highest BCUT2D eigenvalue weighted by atomic mass is 16.2. The number of likely N-dealkylation sites (N-methyl/N-ethyl adjacent to an activating group) is 1. The van der Waals surface area contributed by atoms with Gasteiger partial charge in [-0.1, -0.05) is 66.7 Å².